The number of nitrogens with two attached hydrogens (primary N) is 1. The molecule has 7 nitrogen and oxygen atoms in total. The third-order valence-electron chi connectivity index (χ3n) is 5.75. The molecule has 1 aliphatic rings. The van der Waals surface area contributed by atoms with Gasteiger partial charge in [-0.2, -0.15) is 0 Å². The van der Waals surface area contributed by atoms with Crippen molar-refractivity contribution in [3.8, 4) is 0 Å². The number of aryl methyl sites for hydroxylation is 1. The lowest BCUT2D eigenvalue weighted by molar-refractivity contribution is -0.131. The summed E-state index contributed by atoms with van der Waals surface area (Å²) in [4.78, 5) is 19.7. The number of benzene rings is 1. The molecule has 3 rings (SSSR count). The van der Waals surface area contributed by atoms with Crippen molar-refractivity contribution in [3.05, 3.63) is 18.2 Å². The second-order valence-corrected chi connectivity index (χ2v) is 10.4. The second-order valence-electron chi connectivity index (χ2n) is 7.86. The molecule has 9 heteroatoms. The maximum atomic E-state index is 12.9. The van der Waals surface area contributed by atoms with Gasteiger partial charge in [-0.15, -0.1) is 0 Å². The second kappa shape index (κ2) is 10.2. The van der Waals surface area contributed by atoms with Crippen LogP contribution in [0.15, 0.2) is 28.3 Å². The molecule has 0 atom stereocenters. The van der Waals surface area contributed by atoms with Crippen LogP contribution >= 0.6 is 11.8 Å². The van der Waals surface area contributed by atoms with E-state index in [-0.39, 0.29) is 10.8 Å². The molecule has 166 valence electrons. The zero-order valence-corrected chi connectivity index (χ0v) is 19.5. The molecule has 1 amide bonds. The molecule has 0 saturated heterocycles. The highest BCUT2D eigenvalue weighted by molar-refractivity contribution is 7.99. The first kappa shape index (κ1) is 23.1. The van der Waals surface area contributed by atoms with Gasteiger partial charge in [0, 0.05) is 19.1 Å². The Kier molecular flexibility index (Phi) is 7.81. The highest BCUT2D eigenvalue weighted by atomic mass is 32.2. The molecule has 0 radical (unpaired) electrons. The van der Waals surface area contributed by atoms with E-state index in [4.69, 9.17) is 5.14 Å². The minimum Gasteiger partial charge on any atom is -0.339 e. The number of rotatable bonds is 9. The molecule has 0 bridgehead atoms. The van der Waals surface area contributed by atoms with E-state index >= 15 is 0 Å². The lowest BCUT2D eigenvalue weighted by Crippen LogP contribution is -2.42. The summed E-state index contributed by atoms with van der Waals surface area (Å²) in [5.41, 5.74) is 1.46. The van der Waals surface area contributed by atoms with Crippen LogP contribution in [0.3, 0.4) is 0 Å². The van der Waals surface area contributed by atoms with Crippen LogP contribution in [0.5, 0.6) is 0 Å². The van der Waals surface area contributed by atoms with Crippen molar-refractivity contribution >= 4 is 38.7 Å². The summed E-state index contributed by atoms with van der Waals surface area (Å²) in [7, 11) is -3.78. The molecule has 1 aromatic heterocycles. The number of carbonyl (C=O) groups excluding carboxylic acids is 1. The zero-order chi connectivity index (χ0) is 21.7. The fourth-order valence-corrected chi connectivity index (χ4v) is 5.61. The van der Waals surface area contributed by atoms with Crippen LogP contribution in [0.2, 0.25) is 0 Å². The molecule has 1 heterocycles. The number of primary sulfonamides is 1. The quantitative estimate of drug-likeness (QED) is 0.584. The topological polar surface area (TPSA) is 98.3 Å². The maximum absolute atomic E-state index is 12.9. The van der Waals surface area contributed by atoms with Crippen LogP contribution in [0.1, 0.15) is 58.8 Å². The van der Waals surface area contributed by atoms with Crippen molar-refractivity contribution in [1.29, 1.82) is 0 Å². The van der Waals surface area contributed by atoms with E-state index in [9.17, 15) is 13.2 Å². The highest BCUT2D eigenvalue weighted by Crippen LogP contribution is 2.28. The van der Waals surface area contributed by atoms with E-state index in [1.807, 2.05) is 11.8 Å². The predicted molar refractivity (Wildman–Crippen MR) is 121 cm³/mol. The minimum absolute atomic E-state index is 0.0530. The average Bonchev–Trinajstić information content (AvgIpc) is 3.08. The Hall–Kier alpha value is -1.58. The standard InChI is InChI=1S/C21H32N4O3S2/c1-3-5-13-25-19-12-11-17(30(22,27)28)14-18(19)23-21(25)29-15-20(26)24(4-2)16-9-7-6-8-10-16/h11-12,14,16H,3-10,13,15H2,1-2H3,(H2,22,27,28). The maximum Gasteiger partial charge on any atom is 0.238 e. The van der Waals surface area contributed by atoms with Gasteiger partial charge in [0.05, 0.1) is 21.7 Å². The Morgan fingerprint density at radius 2 is 2.00 bits per heavy atom. The van der Waals surface area contributed by atoms with Gasteiger partial charge in [0.1, 0.15) is 0 Å². The molecular weight excluding hydrogens is 420 g/mol. The third-order valence-corrected chi connectivity index (χ3v) is 7.62. The van der Waals surface area contributed by atoms with Crippen LogP contribution in [0, 0.1) is 0 Å². The Morgan fingerprint density at radius 3 is 2.63 bits per heavy atom. The van der Waals surface area contributed by atoms with Gasteiger partial charge in [0.15, 0.2) is 5.16 Å². The third kappa shape index (κ3) is 5.36. The summed E-state index contributed by atoms with van der Waals surface area (Å²) in [5.74, 6) is 0.482. The summed E-state index contributed by atoms with van der Waals surface area (Å²) in [6, 6.07) is 5.14. The van der Waals surface area contributed by atoms with Crippen molar-refractivity contribution in [3.63, 3.8) is 0 Å². The van der Waals surface area contributed by atoms with Crippen LogP contribution in [-0.4, -0.2) is 47.1 Å². The first-order chi connectivity index (χ1) is 14.3. The van der Waals surface area contributed by atoms with Gasteiger partial charge < -0.3 is 9.47 Å². The smallest absolute Gasteiger partial charge is 0.238 e. The summed E-state index contributed by atoms with van der Waals surface area (Å²) in [6.07, 6.45) is 7.85. The summed E-state index contributed by atoms with van der Waals surface area (Å²) in [5, 5.41) is 6.02. The number of amides is 1. The number of thioether (sulfide) groups is 1. The number of hydrogen-bond donors (Lipinski definition) is 1. The highest BCUT2D eigenvalue weighted by Gasteiger charge is 2.25. The van der Waals surface area contributed by atoms with Crippen LogP contribution < -0.4 is 5.14 Å². The largest absolute Gasteiger partial charge is 0.339 e. The fraction of sp³-hybridized carbons (Fsp3) is 0.619. The van der Waals surface area contributed by atoms with E-state index in [1.54, 1.807) is 6.07 Å². The number of hydrogen-bond acceptors (Lipinski definition) is 5. The number of unbranched alkanes of at least 4 members (excludes halogenated alkanes) is 1. The Morgan fingerprint density at radius 1 is 1.27 bits per heavy atom. The van der Waals surface area contributed by atoms with Crippen molar-refractivity contribution in [1.82, 2.24) is 14.5 Å². The fourth-order valence-electron chi connectivity index (χ4n) is 4.15. The molecule has 0 aliphatic heterocycles. The van der Waals surface area contributed by atoms with Gasteiger partial charge in [-0.1, -0.05) is 44.4 Å². The number of fused-ring (bicyclic) bond motifs is 1. The number of carbonyl (C=O) groups is 1. The molecule has 1 aliphatic carbocycles. The predicted octanol–water partition coefficient (Wildman–Crippen LogP) is 3.76. The summed E-state index contributed by atoms with van der Waals surface area (Å²) >= 11 is 1.43. The molecule has 2 aromatic rings. The van der Waals surface area contributed by atoms with Crippen LogP contribution in [0.25, 0.3) is 11.0 Å². The Labute approximate surface area is 183 Å². The molecule has 1 fully saturated rings. The van der Waals surface area contributed by atoms with Crippen molar-refractivity contribution in [2.45, 2.75) is 81.4 Å². The molecule has 0 unspecified atom stereocenters. The van der Waals surface area contributed by atoms with E-state index in [0.717, 1.165) is 49.4 Å². The van der Waals surface area contributed by atoms with E-state index in [0.29, 0.717) is 17.3 Å². The van der Waals surface area contributed by atoms with Crippen molar-refractivity contribution in [2.24, 2.45) is 5.14 Å². The molecule has 30 heavy (non-hydrogen) atoms. The number of imidazole rings is 1. The number of sulfonamides is 1. The molecule has 0 spiro atoms. The molecule has 1 aromatic carbocycles. The Bertz CT molecular complexity index is 982. The van der Waals surface area contributed by atoms with Crippen molar-refractivity contribution in [2.75, 3.05) is 12.3 Å². The lowest BCUT2D eigenvalue weighted by Gasteiger charge is -2.33. The van der Waals surface area contributed by atoms with Crippen molar-refractivity contribution < 1.29 is 13.2 Å². The van der Waals surface area contributed by atoms with Gasteiger partial charge in [0.25, 0.3) is 0 Å². The number of nitrogens with zero attached hydrogens (tertiary/aromatic N) is 3. The number of aromatic nitrogens is 2. The van der Waals surface area contributed by atoms with Crippen LogP contribution in [-0.2, 0) is 21.4 Å². The van der Waals surface area contributed by atoms with Gasteiger partial charge >= 0.3 is 0 Å². The molecule has 1 saturated carbocycles. The normalized spacial score (nSPS) is 15.6. The van der Waals surface area contributed by atoms with Gasteiger partial charge in [-0.05, 0) is 44.4 Å². The molecule has 2 N–H and O–H groups in total. The summed E-state index contributed by atoms with van der Waals surface area (Å²) in [6.45, 7) is 5.67. The monoisotopic (exact) mass is 452 g/mol. The van der Waals surface area contributed by atoms with Gasteiger partial charge in [0.2, 0.25) is 15.9 Å². The average molecular weight is 453 g/mol. The zero-order valence-electron chi connectivity index (χ0n) is 17.8. The van der Waals surface area contributed by atoms with E-state index < -0.39 is 10.0 Å². The minimum atomic E-state index is -3.78. The summed E-state index contributed by atoms with van der Waals surface area (Å²) < 4.78 is 25.5. The SMILES string of the molecule is CCCCn1c(SCC(=O)N(CC)C2CCCCC2)nc2cc(S(N)(=O)=O)ccc21. The first-order valence-corrected chi connectivity index (χ1v) is 13.3. The lowest BCUT2D eigenvalue weighted by atomic mass is 9.94. The van der Waals surface area contributed by atoms with Crippen LogP contribution in [0.4, 0.5) is 0 Å². The molecular formula is C21H32N4O3S2. The van der Waals surface area contributed by atoms with Gasteiger partial charge in [-0.3, -0.25) is 4.79 Å². The van der Waals surface area contributed by atoms with E-state index in [1.165, 1.54) is 43.2 Å². The first-order valence-electron chi connectivity index (χ1n) is 10.8. The van der Waals surface area contributed by atoms with Gasteiger partial charge in [-0.25, -0.2) is 18.5 Å². The Balaban J connectivity index is 1.81. The van der Waals surface area contributed by atoms with E-state index in [2.05, 4.69) is 16.5 Å².